The number of nitrogens with zero attached hydrogens (tertiary/aromatic N) is 2. The molecule has 0 spiro atoms. The molecular formula is C22H14ClN3O6. The van der Waals surface area contributed by atoms with Crippen molar-refractivity contribution in [2.45, 2.75) is 6.92 Å². The van der Waals surface area contributed by atoms with Crippen molar-refractivity contribution in [2.75, 3.05) is 4.90 Å². The van der Waals surface area contributed by atoms with Crippen LogP contribution in [0, 0.1) is 17.0 Å². The van der Waals surface area contributed by atoms with Crippen LogP contribution in [0.25, 0.3) is 17.4 Å². The number of anilines is 1. The number of amides is 4. The number of nitro groups is 1. The van der Waals surface area contributed by atoms with Gasteiger partial charge in [-0.2, -0.15) is 0 Å². The van der Waals surface area contributed by atoms with Crippen molar-refractivity contribution in [3.63, 3.8) is 0 Å². The van der Waals surface area contributed by atoms with Crippen LogP contribution in [0.2, 0.25) is 5.02 Å². The second kappa shape index (κ2) is 8.12. The van der Waals surface area contributed by atoms with Crippen LogP contribution in [0.15, 0.2) is 64.6 Å². The van der Waals surface area contributed by atoms with E-state index in [1.54, 1.807) is 30.3 Å². The van der Waals surface area contributed by atoms with Crippen molar-refractivity contribution in [1.29, 1.82) is 0 Å². The molecule has 1 aromatic heterocycles. The van der Waals surface area contributed by atoms with Gasteiger partial charge in [-0.05, 0) is 49.4 Å². The molecule has 32 heavy (non-hydrogen) atoms. The summed E-state index contributed by atoms with van der Waals surface area (Å²) in [4.78, 5) is 48.8. The number of furan rings is 1. The van der Waals surface area contributed by atoms with E-state index in [2.05, 4.69) is 5.32 Å². The number of rotatable bonds is 4. The average molecular weight is 452 g/mol. The number of barbiturate groups is 1. The summed E-state index contributed by atoms with van der Waals surface area (Å²) >= 11 is 5.83. The van der Waals surface area contributed by atoms with Gasteiger partial charge in [0.15, 0.2) is 0 Å². The molecule has 0 saturated carbocycles. The Morgan fingerprint density at radius 3 is 2.47 bits per heavy atom. The highest BCUT2D eigenvalue weighted by atomic mass is 35.5. The number of halogens is 1. The zero-order valence-corrected chi connectivity index (χ0v) is 17.3. The van der Waals surface area contributed by atoms with Crippen LogP contribution >= 0.6 is 11.6 Å². The summed E-state index contributed by atoms with van der Waals surface area (Å²) in [6, 6.07) is 13.0. The van der Waals surface area contributed by atoms with Crippen molar-refractivity contribution < 1.29 is 23.7 Å². The molecule has 4 rings (SSSR count). The molecule has 2 heterocycles. The molecule has 0 atom stereocenters. The predicted molar refractivity (Wildman–Crippen MR) is 116 cm³/mol. The Kier molecular flexibility index (Phi) is 5.33. The second-order valence-corrected chi connectivity index (χ2v) is 7.33. The standard InChI is InChI=1S/C22H14ClN3O6/c1-12-2-5-14(6-3-12)25-21(28)16(20(27)24-22(25)29)11-15-7-9-19(32-15)13-4-8-17(23)18(10-13)26(30)31/h2-11H,1H3,(H,24,27,29). The molecule has 4 amide bonds. The highest BCUT2D eigenvalue weighted by Crippen LogP contribution is 2.32. The summed E-state index contributed by atoms with van der Waals surface area (Å²) in [5, 5.41) is 13.2. The zero-order valence-electron chi connectivity index (χ0n) is 16.5. The number of urea groups is 1. The quantitative estimate of drug-likeness (QED) is 0.270. The van der Waals surface area contributed by atoms with E-state index in [-0.39, 0.29) is 27.8 Å². The molecule has 0 aliphatic carbocycles. The van der Waals surface area contributed by atoms with Crippen LogP contribution in [0.5, 0.6) is 0 Å². The fraction of sp³-hybridized carbons (Fsp3) is 0.0455. The molecule has 1 N–H and O–H groups in total. The monoisotopic (exact) mass is 451 g/mol. The van der Waals surface area contributed by atoms with E-state index in [0.717, 1.165) is 10.5 Å². The normalized spacial score (nSPS) is 15.2. The minimum absolute atomic E-state index is 0.0158. The number of carbonyl (C=O) groups excluding carboxylic acids is 3. The van der Waals surface area contributed by atoms with Crippen molar-refractivity contribution in [2.24, 2.45) is 0 Å². The molecule has 1 fully saturated rings. The van der Waals surface area contributed by atoms with Gasteiger partial charge in [-0.25, -0.2) is 9.69 Å². The molecule has 10 heteroatoms. The lowest BCUT2D eigenvalue weighted by molar-refractivity contribution is -0.384. The largest absolute Gasteiger partial charge is 0.457 e. The van der Waals surface area contributed by atoms with E-state index < -0.39 is 22.8 Å². The van der Waals surface area contributed by atoms with Gasteiger partial charge >= 0.3 is 6.03 Å². The lowest BCUT2D eigenvalue weighted by Gasteiger charge is -2.26. The number of hydrogen-bond acceptors (Lipinski definition) is 6. The summed E-state index contributed by atoms with van der Waals surface area (Å²) in [5.74, 6) is -1.24. The van der Waals surface area contributed by atoms with Crippen molar-refractivity contribution >= 4 is 46.9 Å². The fourth-order valence-corrected chi connectivity index (χ4v) is 3.31. The van der Waals surface area contributed by atoms with E-state index >= 15 is 0 Å². The van der Waals surface area contributed by atoms with Crippen LogP contribution < -0.4 is 10.2 Å². The van der Waals surface area contributed by atoms with Gasteiger partial charge in [-0.3, -0.25) is 25.0 Å². The van der Waals surface area contributed by atoms with E-state index in [9.17, 15) is 24.5 Å². The van der Waals surface area contributed by atoms with Crippen LogP contribution in [-0.2, 0) is 9.59 Å². The first kappa shape index (κ1) is 21.0. The maximum atomic E-state index is 12.9. The topological polar surface area (TPSA) is 123 Å². The summed E-state index contributed by atoms with van der Waals surface area (Å²) in [6.07, 6.45) is 1.21. The van der Waals surface area contributed by atoms with Gasteiger partial charge in [0.1, 0.15) is 22.1 Å². The first-order chi connectivity index (χ1) is 15.2. The van der Waals surface area contributed by atoms with E-state index in [4.69, 9.17) is 16.0 Å². The molecule has 3 aromatic rings. The maximum Gasteiger partial charge on any atom is 0.335 e. The molecule has 9 nitrogen and oxygen atoms in total. The lowest BCUT2D eigenvalue weighted by atomic mass is 10.1. The number of hydrogen-bond donors (Lipinski definition) is 1. The van der Waals surface area contributed by atoms with Crippen molar-refractivity contribution in [3.8, 4) is 11.3 Å². The first-order valence-corrected chi connectivity index (χ1v) is 9.64. The van der Waals surface area contributed by atoms with Crippen LogP contribution in [0.1, 0.15) is 11.3 Å². The molecule has 1 saturated heterocycles. The third-order valence-electron chi connectivity index (χ3n) is 4.73. The van der Waals surface area contributed by atoms with E-state index in [0.29, 0.717) is 11.3 Å². The molecule has 160 valence electrons. The van der Waals surface area contributed by atoms with Gasteiger partial charge in [0, 0.05) is 11.6 Å². The molecule has 0 bridgehead atoms. The molecule has 0 radical (unpaired) electrons. The minimum Gasteiger partial charge on any atom is -0.457 e. The zero-order chi connectivity index (χ0) is 23.0. The van der Waals surface area contributed by atoms with Gasteiger partial charge in [-0.15, -0.1) is 0 Å². The molecule has 1 aliphatic rings. The highest BCUT2D eigenvalue weighted by Gasteiger charge is 2.37. The molecular weight excluding hydrogens is 438 g/mol. The third-order valence-corrected chi connectivity index (χ3v) is 5.05. The summed E-state index contributed by atoms with van der Waals surface area (Å²) in [6.45, 7) is 1.86. The SMILES string of the molecule is Cc1ccc(N2C(=O)NC(=O)C(=Cc3ccc(-c4ccc(Cl)c([N+](=O)[O-])c4)o3)C2=O)cc1. The van der Waals surface area contributed by atoms with E-state index in [1.807, 2.05) is 6.92 Å². The number of nitro benzene ring substituents is 1. The first-order valence-electron chi connectivity index (χ1n) is 9.27. The number of benzene rings is 2. The summed E-state index contributed by atoms with van der Waals surface area (Å²) in [7, 11) is 0. The third kappa shape index (κ3) is 3.88. The maximum absolute atomic E-state index is 12.9. The number of aryl methyl sites for hydroxylation is 1. The number of imide groups is 2. The van der Waals surface area contributed by atoms with Gasteiger partial charge in [0.05, 0.1) is 10.6 Å². The van der Waals surface area contributed by atoms with Gasteiger partial charge in [0.2, 0.25) is 0 Å². The Labute approximate surface area is 186 Å². The van der Waals surface area contributed by atoms with Crippen molar-refractivity contribution in [3.05, 3.63) is 86.6 Å². The van der Waals surface area contributed by atoms with Crippen LogP contribution in [-0.4, -0.2) is 22.8 Å². The number of carbonyl (C=O) groups is 3. The Hall–Kier alpha value is -4.24. The molecule has 0 unspecified atom stereocenters. The Morgan fingerprint density at radius 2 is 1.78 bits per heavy atom. The summed E-state index contributed by atoms with van der Waals surface area (Å²) in [5.41, 5.74) is 1.06. The lowest BCUT2D eigenvalue weighted by Crippen LogP contribution is -2.54. The minimum atomic E-state index is -0.858. The second-order valence-electron chi connectivity index (χ2n) is 6.92. The van der Waals surface area contributed by atoms with E-state index in [1.165, 1.54) is 30.3 Å². The number of nitrogens with one attached hydrogen (secondary N) is 1. The van der Waals surface area contributed by atoms with Gasteiger partial charge in [0.25, 0.3) is 17.5 Å². The van der Waals surface area contributed by atoms with Gasteiger partial charge in [-0.1, -0.05) is 29.3 Å². The smallest absolute Gasteiger partial charge is 0.335 e. The van der Waals surface area contributed by atoms with Gasteiger partial charge < -0.3 is 4.42 Å². The highest BCUT2D eigenvalue weighted by molar-refractivity contribution is 6.39. The molecule has 2 aromatic carbocycles. The fourth-order valence-electron chi connectivity index (χ4n) is 3.12. The predicted octanol–water partition coefficient (Wildman–Crippen LogP) is 4.48. The van der Waals surface area contributed by atoms with Crippen LogP contribution in [0.3, 0.4) is 0 Å². The summed E-state index contributed by atoms with van der Waals surface area (Å²) < 4.78 is 5.65. The molecule has 1 aliphatic heterocycles. The average Bonchev–Trinajstić information content (AvgIpc) is 3.21. The Bertz CT molecular complexity index is 1310. The Morgan fingerprint density at radius 1 is 1.06 bits per heavy atom. The Balaban J connectivity index is 1.67. The van der Waals surface area contributed by atoms with Crippen molar-refractivity contribution in [1.82, 2.24) is 5.32 Å². The van der Waals surface area contributed by atoms with Crippen LogP contribution in [0.4, 0.5) is 16.2 Å².